The van der Waals surface area contributed by atoms with E-state index in [0.29, 0.717) is 11.3 Å². The minimum Gasteiger partial charge on any atom is -0.477 e. The molecule has 0 bridgehead atoms. The van der Waals surface area contributed by atoms with Crippen LogP contribution in [0.1, 0.15) is 32.0 Å². The van der Waals surface area contributed by atoms with Crippen molar-refractivity contribution in [3.05, 3.63) is 59.9 Å². The fraction of sp³-hybridized carbons (Fsp3) is 0.318. The Morgan fingerprint density at radius 3 is 2.55 bits per heavy atom. The summed E-state index contributed by atoms with van der Waals surface area (Å²) in [5.41, 5.74) is 0.309. The average Bonchev–Trinajstić information content (AvgIpc) is 2.70. The largest absolute Gasteiger partial charge is 0.477 e. The molecule has 6 nitrogen and oxygen atoms in total. The molecule has 2 aromatic heterocycles. The highest BCUT2D eigenvalue weighted by molar-refractivity contribution is 6.00. The zero-order valence-corrected chi connectivity index (χ0v) is 17.4. The van der Waals surface area contributed by atoms with Gasteiger partial charge in [-0.2, -0.15) is 13.2 Å². The van der Waals surface area contributed by atoms with Crippen LogP contribution in [0.5, 0.6) is 5.88 Å². The molecule has 0 aliphatic heterocycles. The quantitative estimate of drug-likeness (QED) is 0.566. The Morgan fingerprint density at radius 1 is 1.06 bits per heavy atom. The third kappa shape index (κ3) is 6.07. The van der Waals surface area contributed by atoms with Gasteiger partial charge in [0.05, 0.1) is 17.8 Å². The molecule has 164 valence electrons. The van der Waals surface area contributed by atoms with Crippen molar-refractivity contribution in [2.75, 3.05) is 11.9 Å². The van der Waals surface area contributed by atoms with Gasteiger partial charge in [0.15, 0.2) is 0 Å². The first kappa shape index (κ1) is 22.3. The summed E-state index contributed by atoms with van der Waals surface area (Å²) in [7, 11) is 0. The van der Waals surface area contributed by atoms with Crippen molar-refractivity contribution in [3.63, 3.8) is 0 Å². The SMILES string of the molecule is CC(C)(C)COc1nc(C(F)(F)F)ccc1CNC(=O)Nc1cccc2ncccc12. The van der Waals surface area contributed by atoms with E-state index in [4.69, 9.17) is 4.74 Å². The number of amides is 2. The molecule has 0 aliphatic rings. The summed E-state index contributed by atoms with van der Waals surface area (Å²) in [6.07, 6.45) is -2.94. The molecule has 1 aromatic carbocycles. The van der Waals surface area contributed by atoms with E-state index in [1.54, 1.807) is 24.4 Å². The maximum absolute atomic E-state index is 13.1. The van der Waals surface area contributed by atoms with E-state index in [-0.39, 0.29) is 24.4 Å². The molecule has 0 spiro atoms. The Balaban J connectivity index is 1.74. The molecular formula is C22H23F3N4O2. The summed E-state index contributed by atoms with van der Waals surface area (Å²) in [6, 6.07) is 10.5. The van der Waals surface area contributed by atoms with Crippen LogP contribution in [0.3, 0.4) is 0 Å². The number of aromatic nitrogens is 2. The summed E-state index contributed by atoms with van der Waals surface area (Å²) >= 11 is 0. The average molecular weight is 432 g/mol. The number of carbonyl (C=O) groups is 1. The topological polar surface area (TPSA) is 76.1 Å². The van der Waals surface area contributed by atoms with Crippen molar-refractivity contribution < 1.29 is 22.7 Å². The van der Waals surface area contributed by atoms with Crippen LogP contribution in [-0.4, -0.2) is 22.6 Å². The lowest BCUT2D eigenvalue weighted by Gasteiger charge is -2.20. The lowest BCUT2D eigenvalue weighted by atomic mass is 9.99. The van der Waals surface area contributed by atoms with Crippen molar-refractivity contribution >= 4 is 22.6 Å². The number of hydrogen-bond donors (Lipinski definition) is 2. The van der Waals surface area contributed by atoms with E-state index >= 15 is 0 Å². The molecule has 0 unspecified atom stereocenters. The molecular weight excluding hydrogens is 409 g/mol. The molecule has 0 fully saturated rings. The van der Waals surface area contributed by atoms with Crippen LogP contribution in [0.25, 0.3) is 10.9 Å². The number of nitrogens with zero attached hydrogens (tertiary/aromatic N) is 2. The highest BCUT2D eigenvalue weighted by Gasteiger charge is 2.33. The summed E-state index contributed by atoms with van der Waals surface area (Å²) < 4.78 is 44.7. The molecule has 2 N–H and O–H groups in total. The third-order valence-corrected chi connectivity index (χ3v) is 4.20. The Morgan fingerprint density at radius 2 is 1.84 bits per heavy atom. The van der Waals surface area contributed by atoms with E-state index in [1.165, 1.54) is 6.07 Å². The monoisotopic (exact) mass is 432 g/mol. The number of rotatable bonds is 5. The Labute approximate surface area is 177 Å². The number of halogens is 3. The van der Waals surface area contributed by atoms with Gasteiger partial charge in [0.1, 0.15) is 5.69 Å². The normalized spacial score (nSPS) is 11.9. The molecule has 2 heterocycles. The number of hydrogen-bond acceptors (Lipinski definition) is 4. The van der Waals surface area contributed by atoms with Crippen LogP contribution in [-0.2, 0) is 12.7 Å². The summed E-state index contributed by atoms with van der Waals surface area (Å²) in [5, 5.41) is 6.14. The predicted molar refractivity (Wildman–Crippen MR) is 112 cm³/mol. The van der Waals surface area contributed by atoms with Gasteiger partial charge in [0.2, 0.25) is 5.88 Å². The molecule has 2 amide bonds. The zero-order chi connectivity index (χ0) is 22.6. The van der Waals surface area contributed by atoms with Crippen LogP contribution in [0, 0.1) is 5.41 Å². The standard InChI is InChI=1S/C22H23F3N4O2/c1-21(2,3)13-31-19-14(9-10-18(29-19)22(23,24)25)12-27-20(30)28-17-8-4-7-16-15(17)6-5-11-26-16/h4-11H,12-13H2,1-3H3,(H2,27,28,30). The number of benzene rings is 1. The first-order valence-electron chi connectivity index (χ1n) is 9.61. The van der Waals surface area contributed by atoms with Crippen molar-refractivity contribution in [1.82, 2.24) is 15.3 Å². The smallest absolute Gasteiger partial charge is 0.433 e. The van der Waals surface area contributed by atoms with E-state index in [2.05, 4.69) is 20.6 Å². The maximum Gasteiger partial charge on any atom is 0.433 e. The van der Waals surface area contributed by atoms with Gasteiger partial charge in [-0.25, -0.2) is 9.78 Å². The first-order valence-corrected chi connectivity index (χ1v) is 9.61. The van der Waals surface area contributed by atoms with E-state index in [0.717, 1.165) is 17.0 Å². The predicted octanol–water partition coefficient (Wildman–Crippen LogP) is 5.40. The van der Waals surface area contributed by atoms with Gasteiger partial charge in [0, 0.05) is 23.7 Å². The van der Waals surface area contributed by atoms with Crippen molar-refractivity contribution in [2.45, 2.75) is 33.5 Å². The Hall–Kier alpha value is -3.36. The number of fused-ring (bicyclic) bond motifs is 1. The molecule has 0 saturated carbocycles. The highest BCUT2D eigenvalue weighted by atomic mass is 19.4. The summed E-state index contributed by atoms with van der Waals surface area (Å²) in [4.78, 5) is 20.3. The second-order valence-corrected chi connectivity index (χ2v) is 8.19. The summed E-state index contributed by atoms with van der Waals surface area (Å²) in [6.45, 7) is 5.80. The van der Waals surface area contributed by atoms with Gasteiger partial charge < -0.3 is 15.4 Å². The molecule has 0 radical (unpaired) electrons. The van der Waals surface area contributed by atoms with Gasteiger partial charge in [-0.15, -0.1) is 0 Å². The fourth-order valence-electron chi connectivity index (χ4n) is 2.73. The van der Waals surface area contributed by atoms with Crippen LogP contribution < -0.4 is 15.4 Å². The molecule has 3 rings (SSSR count). The second kappa shape index (κ2) is 8.79. The van der Waals surface area contributed by atoms with Crippen LogP contribution in [0.4, 0.5) is 23.7 Å². The first-order chi connectivity index (χ1) is 14.5. The minimum absolute atomic E-state index is 0.0561. The summed E-state index contributed by atoms with van der Waals surface area (Å²) in [5.74, 6) is -0.153. The second-order valence-electron chi connectivity index (χ2n) is 8.19. The minimum atomic E-state index is -4.59. The number of carbonyl (C=O) groups excluding carboxylic acids is 1. The Bertz CT molecular complexity index is 1070. The number of ether oxygens (including phenoxy) is 1. The van der Waals surface area contributed by atoms with Gasteiger partial charge in [-0.05, 0) is 41.8 Å². The number of pyridine rings is 2. The Kier molecular flexibility index (Phi) is 6.33. The molecule has 0 aliphatic carbocycles. The van der Waals surface area contributed by atoms with Gasteiger partial charge in [-0.1, -0.05) is 26.8 Å². The lowest BCUT2D eigenvalue weighted by molar-refractivity contribution is -0.141. The molecule has 9 heteroatoms. The van der Waals surface area contributed by atoms with Crippen LogP contribution >= 0.6 is 0 Å². The highest BCUT2D eigenvalue weighted by Crippen LogP contribution is 2.31. The molecule has 0 atom stereocenters. The lowest BCUT2D eigenvalue weighted by Crippen LogP contribution is -2.29. The maximum atomic E-state index is 13.1. The van der Waals surface area contributed by atoms with Crippen molar-refractivity contribution in [2.24, 2.45) is 5.41 Å². The number of urea groups is 1. The molecule has 31 heavy (non-hydrogen) atoms. The number of nitrogens with one attached hydrogen (secondary N) is 2. The fourth-order valence-corrected chi connectivity index (χ4v) is 2.73. The van der Waals surface area contributed by atoms with Crippen LogP contribution in [0.2, 0.25) is 0 Å². The van der Waals surface area contributed by atoms with E-state index in [9.17, 15) is 18.0 Å². The molecule has 3 aromatic rings. The van der Waals surface area contributed by atoms with Crippen molar-refractivity contribution in [1.29, 1.82) is 0 Å². The van der Waals surface area contributed by atoms with Crippen molar-refractivity contribution in [3.8, 4) is 5.88 Å². The van der Waals surface area contributed by atoms with Gasteiger partial charge in [0.25, 0.3) is 0 Å². The van der Waals surface area contributed by atoms with E-state index in [1.807, 2.05) is 32.9 Å². The van der Waals surface area contributed by atoms with Crippen LogP contribution in [0.15, 0.2) is 48.7 Å². The number of alkyl halides is 3. The zero-order valence-electron chi connectivity index (χ0n) is 17.4. The third-order valence-electron chi connectivity index (χ3n) is 4.20. The number of anilines is 1. The van der Waals surface area contributed by atoms with Gasteiger partial charge in [-0.3, -0.25) is 4.98 Å². The van der Waals surface area contributed by atoms with Gasteiger partial charge >= 0.3 is 12.2 Å². The van der Waals surface area contributed by atoms with E-state index < -0.39 is 17.9 Å². The molecule has 0 saturated heterocycles.